The summed E-state index contributed by atoms with van der Waals surface area (Å²) in [5.74, 6) is -0.0698. The van der Waals surface area contributed by atoms with Gasteiger partial charge in [0.2, 0.25) is 4.99 Å². The molecule has 1 spiro atoms. The topological polar surface area (TPSA) is 48.3 Å². The number of hydrogen-bond acceptors (Lipinski definition) is 6. The van der Waals surface area contributed by atoms with Gasteiger partial charge in [0, 0.05) is 22.8 Å². The first-order chi connectivity index (χ1) is 16.0. The molecule has 166 valence electrons. The van der Waals surface area contributed by atoms with E-state index >= 15 is 0 Å². The Labute approximate surface area is 210 Å². The van der Waals surface area contributed by atoms with Gasteiger partial charge in [-0.25, -0.2) is 10.0 Å². The molecule has 33 heavy (non-hydrogen) atoms. The second-order valence-corrected chi connectivity index (χ2v) is 10.4. The number of halogens is 2. The van der Waals surface area contributed by atoms with Crippen molar-refractivity contribution in [1.82, 2.24) is 0 Å². The van der Waals surface area contributed by atoms with Crippen LogP contribution in [0.15, 0.2) is 93.5 Å². The maximum atomic E-state index is 12.4. The third-order valence-corrected chi connectivity index (χ3v) is 7.76. The molecule has 0 bridgehead atoms. The number of anilines is 2. The summed E-state index contributed by atoms with van der Waals surface area (Å²) in [6.45, 7) is 1.55. The first-order valence-corrected chi connectivity index (χ1v) is 12.5. The van der Waals surface area contributed by atoms with Crippen LogP contribution in [0.25, 0.3) is 0 Å². The van der Waals surface area contributed by atoms with Crippen LogP contribution in [-0.4, -0.2) is 21.5 Å². The second-order valence-electron chi connectivity index (χ2n) is 7.80. The molecule has 0 aliphatic carbocycles. The predicted octanol–water partition coefficient (Wildman–Crippen LogP) is 6.92. The molecule has 0 saturated heterocycles. The van der Waals surface area contributed by atoms with Gasteiger partial charge < -0.3 is 0 Å². The van der Waals surface area contributed by atoms with E-state index in [1.807, 2.05) is 76.7 Å². The maximum absolute atomic E-state index is 12.4. The van der Waals surface area contributed by atoms with Crippen molar-refractivity contribution in [2.24, 2.45) is 10.2 Å². The molecule has 1 unspecified atom stereocenters. The van der Waals surface area contributed by atoms with E-state index in [1.165, 1.54) is 11.8 Å². The number of para-hydroxylation sites is 1. The quantitative estimate of drug-likeness (QED) is 0.361. The predicted molar refractivity (Wildman–Crippen MR) is 141 cm³/mol. The van der Waals surface area contributed by atoms with Crippen LogP contribution in [0.3, 0.4) is 0 Å². The summed E-state index contributed by atoms with van der Waals surface area (Å²) in [7, 11) is 0. The Morgan fingerprint density at radius 1 is 0.970 bits per heavy atom. The van der Waals surface area contributed by atoms with Crippen LogP contribution in [0.5, 0.6) is 0 Å². The lowest BCUT2D eigenvalue weighted by atomic mass is 10.0. The van der Waals surface area contributed by atoms with E-state index in [0.29, 0.717) is 16.5 Å². The zero-order chi connectivity index (χ0) is 23.0. The van der Waals surface area contributed by atoms with Crippen LogP contribution in [0.1, 0.15) is 25.3 Å². The molecule has 2 aliphatic heterocycles. The molecule has 1 atom stereocenters. The Hall–Kier alpha value is -2.61. The molecule has 3 aromatic carbocycles. The lowest BCUT2D eigenvalue weighted by Crippen LogP contribution is -2.56. The summed E-state index contributed by atoms with van der Waals surface area (Å²) in [5, 5.41) is 14.8. The van der Waals surface area contributed by atoms with Crippen LogP contribution in [0, 0.1) is 0 Å². The van der Waals surface area contributed by atoms with Crippen molar-refractivity contribution in [2.45, 2.75) is 24.8 Å². The van der Waals surface area contributed by atoms with Gasteiger partial charge in [-0.15, -0.1) is 0 Å². The summed E-state index contributed by atoms with van der Waals surface area (Å²) in [4.78, 5) is 11.7. The molecule has 0 radical (unpaired) electrons. The van der Waals surface area contributed by atoms with Gasteiger partial charge in [-0.3, -0.25) is 4.79 Å². The number of benzene rings is 3. The molecular formula is C25H20BrClN4OS. The Morgan fingerprint density at radius 2 is 1.67 bits per heavy atom. The Bertz CT molecular complexity index is 1260. The number of thioether (sulfide) groups is 1. The number of carbonyl (C=O) groups excluding carboxylic acids is 1. The number of hydrazone groups is 2. The van der Waals surface area contributed by atoms with Crippen molar-refractivity contribution in [1.29, 1.82) is 0 Å². The van der Waals surface area contributed by atoms with Crippen molar-refractivity contribution >= 4 is 67.2 Å². The molecule has 0 fully saturated rings. The fraction of sp³-hybridized carbons (Fsp3) is 0.160. The molecule has 2 aliphatic rings. The van der Waals surface area contributed by atoms with Gasteiger partial charge in [0.15, 0.2) is 10.8 Å². The van der Waals surface area contributed by atoms with Crippen LogP contribution in [0.2, 0.25) is 5.02 Å². The van der Waals surface area contributed by atoms with E-state index in [9.17, 15) is 4.79 Å². The number of ketones is 1. The SMILES string of the molecule is CC(=O)C1=NN(c2cccc(Cl)c2)C2(CCC(c3ccc(Br)cc3)=NN2c2ccccc2)S1. The normalized spacial score (nSPS) is 20.1. The minimum absolute atomic E-state index is 0.0698. The summed E-state index contributed by atoms with van der Waals surface area (Å²) in [6, 6.07) is 25.7. The Balaban J connectivity index is 1.67. The summed E-state index contributed by atoms with van der Waals surface area (Å²) in [5.41, 5.74) is 3.79. The van der Waals surface area contributed by atoms with Gasteiger partial charge >= 0.3 is 0 Å². The molecule has 3 aromatic rings. The highest BCUT2D eigenvalue weighted by Crippen LogP contribution is 2.50. The monoisotopic (exact) mass is 538 g/mol. The van der Waals surface area contributed by atoms with E-state index in [4.69, 9.17) is 21.8 Å². The number of Topliss-reactive ketones (excluding diaryl/α,β-unsaturated/α-hetero) is 1. The summed E-state index contributed by atoms with van der Waals surface area (Å²) in [6.07, 6.45) is 1.43. The molecule has 2 heterocycles. The third kappa shape index (κ3) is 4.21. The van der Waals surface area contributed by atoms with E-state index in [0.717, 1.165) is 33.5 Å². The van der Waals surface area contributed by atoms with Gasteiger partial charge in [-0.05, 0) is 66.2 Å². The lowest BCUT2D eigenvalue weighted by Gasteiger charge is -2.46. The highest BCUT2D eigenvalue weighted by Gasteiger charge is 2.52. The number of nitrogens with zero attached hydrogens (tertiary/aromatic N) is 4. The third-order valence-electron chi connectivity index (χ3n) is 5.55. The van der Waals surface area contributed by atoms with Gasteiger partial charge in [-0.2, -0.15) is 10.2 Å². The summed E-state index contributed by atoms with van der Waals surface area (Å²) >= 11 is 11.3. The van der Waals surface area contributed by atoms with Crippen LogP contribution >= 0.6 is 39.3 Å². The minimum atomic E-state index is -0.730. The van der Waals surface area contributed by atoms with Gasteiger partial charge in [-0.1, -0.05) is 63.9 Å². The van der Waals surface area contributed by atoms with Crippen molar-refractivity contribution < 1.29 is 4.79 Å². The molecule has 0 amide bonds. The standard InChI is InChI=1S/C25H20BrClN4OS/c1-17(32)24-29-31(22-9-5-6-20(27)16-22)25(33-24)15-14-23(18-10-12-19(26)13-11-18)28-30(25)21-7-3-2-4-8-21/h2-13,16H,14-15H2,1H3. The first kappa shape index (κ1) is 22.2. The Morgan fingerprint density at radius 3 is 2.36 bits per heavy atom. The van der Waals surface area contributed by atoms with Crippen LogP contribution in [-0.2, 0) is 4.79 Å². The lowest BCUT2D eigenvalue weighted by molar-refractivity contribution is -0.110. The van der Waals surface area contributed by atoms with Crippen molar-refractivity contribution in [2.75, 3.05) is 10.0 Å². The molecular weight excluding hydrogens is 520 g/mol. The molecule has 5 nitrogen and oxygen atoms in total. The van der Waals surface area contributed by atoms with E-state index in [-0.39, 0.29) is 5.78 Å². The van der Waals surface area contributed by atoms with Crippen LogP contribution < -0.4 is 10.0 Å². The minimum Gasteiger partial charge on any atom is -0.292 e. The average molecular weight is 540 g/mol. The van der Waals surface area contributed by atoms with E-state index in [2.05, 4.69) is 28.1 Å². The molecule has 8 heteroatoms. The van der Waals surface area contributed by atoms with Crippen LogP contribution in [0.4, 0.5) is 11.4 Å². The largest absolute Gasteiger partial charge is 0.292 e. The van der Waals surface area contributed by atoms with E-state index < -0.39 is 4.99 Å². The summed E-state index contributed by atoms with van der Waals surface area (Å²) < 4.78 is 1.03. The first-order valence-electron chi connectivity index (χ1n) is 10.5. The highest BCUT2D eigenvalue weighted by molar-refractivity contribution is 9.10. The number of hydrogen-bond donors (Lipinski definition) is 0. The van der Waals surface area contributed by atoms with Crippen molar-refractivity contribution in [3.05, 3.63) is 93.9 Å². The molecule has 5 rings (SSSR count). The highest BCUT2D eigenvalue weighted by atomic mass is 79.9. The van der Waals surface area contributed by atoms with Gasteiger partial charge in [0.05, 0.1) is 17.1 Å². The van der Waals surface area contributed by atoms with Gasteiger partial charge in [0.1, 0.15) is 0 Å². The number of carbonyl (C=O) groups is 1. The molecule has 0 aromatic heterocycles. The number of rotatable bonds is 4. The second kappa shape index (κ2) is 8.97. The maximum Gasteiger partial charge on any atom is 0.208 e. The Kier molecular flexibility index (Phi) is 6.03. The van der Waals surface area contributed by atoms with E-state index in [1.54, 1.807) is 6.92 Å². The molecule has 0 saturated carbocycles. The zero-order valence-corrected chi connectivity index (χ0v) is 20.9. The molecule has 0 N–H and O–H groups in total. The fourth-order valence-corrected chi connectivity index (χ4v) is 5.69. The smallest absolute Gasteiger partial charge is 0.208 e. The van der Waals surface area contributed by atoms with Crippen molar-refractivity contribution in [3.8, 4) is 0 Å². The van der Waals surface area contributed by atoms with Gasteiger partial charge in [0.25, 0.3) is 0 Å². The fourth-order valence-electron chi connectivity index (χ4n) is 4.00. The average Bonchev–Trinajstić information content (AvgIpc) is 3.21. The van der Waals surface area contributed by atoms with Crippen molar-refractivity contribution in [3.63, 3.8) is 0 Å². The zero-order valence-electron chi connectivity index (χ0n) is 17.8.